The maximum Gasteiger partial charge on any atom is 0.323 e. The average Bonchev–Trinajstić information content (AvgIpc) is 2.49. The summed E-state index contributed by atoms with van der Waals surface area (Å²) in [7, 11) is 1.53. The van der Waals surface area contributed by atoms with Crippen LogP contribution >= 0.6 is 0 Å². The third-order valence-corrected chi connectivity index (χ3v) is 4.26. The van der Waals surface area contributed by atoms with Crippen molar-refractivity contribution in [3.8, 4) is 0 Å². The molecule has 122 valence electrons. The Balaban J connectivity index is 2.33. The molecule has 1 fully saturated rings. The number of methoxy groups -OCH3 is 1. The molecular formula is C15H28N2O4. The van der Waals surface area contributed by atoms with Crippen molar-refractivity contribution in [3.63, 3.8) is 0 Å². The number of urea groups is 1. The van der Waals surface area contributed by atoms with Gasteiger partial charge in [-0.2, -0.15) is 0 Å². The molecular weight excluding hydrogens is 272 g/mol. The maximum atomic E-state index is 12.0. The average molecular weight is 300 g/mol. The normalized spacial score (nSPS) is 21.8. The first-order valence-corrected chi connectivity index (χ1v) is 7.80. The van der Waals surface area contributed by atoms with Crippen molar-refractivity contribution in [1.82, 2.24) is 10.2 Å². The van der Waals surface area contributed by atoms with Crippen LogP contribution in [-0.4, -0.2) is 55.4 Å². The quantitative estimate of drug-likeness (QED) is 0.718. The van der Waals surface area contributed by atoms with E-state index in [9.17, 15) is 9.59 Å². The van der Waals surface area contributed by atoms with Crippen molar-refractivity contribution in [2.75, 3.05) is 33.4 Å². The molecule has 0 unspecified atom stereocenters. The molecule has 1 aliphatic carbocycles. The highest BCUT2D eigenvalue weighted by Crippen LogP contribution is 2.30. The summed E-state index contributed by atoms with van der Waals surface area (Å²) in [6.45, 7) is 3.20. The molecule has 21 heavy (non-hydrogen) atoms. The first kappa shape index (κ1) is 17.8. The minimum atomic E-state index is -1.01. The predicted molar refractivity (Wildman–Crippen MR) is 80.2 cm³/mol. The van der Waals surface area contributed by atoms with E-state index in [1.807, 2.05) is 0 Å². The van der Waals surface area contributed by atoms with Crippen molar-refractivity contribution in [1.29, 1.82) is 0 Å². The van der Waals surface area contributed by atoms with Crippen LogP contribution < -0.4 is 5.32 Å². The fourth-order valence-corrected chi connectivity index (χ4v) is 2.80. The highest BCUT2D eigenvalue weighted by atomic mass is 16.5. The topological polar surface area (TPSA) is 78.9 Å². The predicted octanol–water partition coefficient (Wildman–Crippen LogP) is 1.95. The van der Waals surface area contributed by atoms with Gasteiger partial charge in [-0.25, -0.2) is 4.79 Å². The molecule has 6 nitrogen and oxygen atoms in total. The van der Waals surface area contributed by atoms with Crippen LogP contribution in [0.2, 0.25) is 0 Å². The number of amides is 2. The van der Waals surface area contributed by atoms with Crippen LogP contribution in [0.4, 0.5) is 4.79 Å². The number of hydrogen-bond acceptors (Lipinski definition) is 3. The van der Waals surface area contributed by atoms with E-state index in [4.69, 9.17) is 9.84 Å². The van der Waals surface area contributed by atoms with Gasteiger partial charge in [0.2, 0.25) is 0 Å². The molecule has 2 N–H and O–H groups in total. The molecule has 1 rings (SSSR count). The van der Waals surface area contributed by atoms with E-state index in [1.54, 1.807) is 0 Å². The summed E-state index contributed by atoms with van der Waals surface area (Å²) >= 11 is 0. The van der Waals surface area contributed by atoms with E-state index in [2.05, 4.69) is 12.2 Å². The zero-order chi connectivity index (χ0) is 15.7. The van der Waals surface area contributed by atoms with Gasteiger partial charge in [-0.3, -0.25) is 4.79 Å². The van der Waals surface area contributed by atoms with Gasteiger partial charge in [0.05, 0.1) is 6.61 Å². The standard InChI is InChI=1S/C15H28N2O4/c1-3-12-4-6-13(7-5-12)10-16-15(20)17(8-9-21-2)11-14(18)19/h12-13H,3-11H2,1-2H3,(H,16,20)(H,18,19). The van der Waals surface area contributed by atoms with Gasteiger partial charge in [0.15, 0.2) is 0 Å². The minimum Gasteiger partial charge on any atom is -0.480 e. The number of nitrogens with one attached hydrogen (secondary N) is 1. The second-order valence-corrected chi connectivity index (χ2v) is 5.79. The van der Waals surface area contributed by atoms with Crippen LogP contribution in [0, 0.1) is 11.8 Å². The van der Waals surface area contributed by atoms with Crippen molar-refractivity contribution in [2.45, 2.75) is 39.0 Å². The lowest BCUT2D eigenvalue weighted by molar-refractivity contribution is -0.137. The van der Waals surface area contributed by atoms with Crippen LogP contribution in [0.5, 0.6) is 0 Å². The Morgan fingerprint density at radius 2 is 1.86 bits per heavy atom. The number of hydrogen-bond donors (Lipinski definition) is 2. The third kappa shape index (κ3) is 6.80. The Kier molecular flexibility index (Phi) is 8.12. The van der Waals surface area contributed by atoms with E-state index in [1.165, 1.54) is 31.3 Å². The van der Waals surface area contributed by atoms with Crippen LogP contribution in [0.1, 0.15) is 39.0 Å². The Morgan fingerprint density at radius 3 is 2.38 bits per heavy atom. The molecule has 0 aromatic rings. The smallest absolute Gasteiger partial charge is 0.323 e. The number of ether oxygens (including phenoxy) is 1. The van der Waals surface area contributed by atoms with Crippen LogP contribution in [-0.2, 0) is 9.53 Å². The van der Waals surface area contributed by atoms with Gasteiger partial charge in [-0.05, 0) is 24.7 Å². The first-order chi connectivity index (χ1) is 10.1. The molecule has 0 saturated heterocycles. The molecule has 0 aliphatic heterocycles. The maximum absolute atomic E-state index is 12.0. The Hall–Kier alpha value is -1.30. The summed E-state index contributed by atoms with van der Waals surface area (Å²) in [5.41, 5.74) is 0. The molecule has 0 atom stereocenters. The van der Waals surface area contributed by atoms with E-state index in [0.717, 1.165) is 18.8 Å². The summed E-state index contributed by atoms with van der Waals surface area (Å²) in [6.07, 6.45) is 6.01. The fourth-order valence-electron chi connectivity index (χ4n) is 2.80. The largest absolute Gasteiger partial charge is 0.480 e. The second-order valence-electron chi connectivity index (χ2n) is 5.79. The van der Waals surface area contributed by atoms with Gasteiger partial charge in [-0.1, -0.05) is 26.2 Å². The molecule has 0 bridgehead atoms. The lowest BCUT2D eigenvalue weighted by Gasteiger charge is -2.29. The van der Waals surface area contributed by atoms with E-state index in [-0.39, 0.29) is 19.1 Å². The summed E-state index contributed by atoms with van der Waals surface area (Å²) in [6, 6.07) is -0.313. The van der Waals surface area contributed by atoms with Gasteiger partial charge < -0.3 is 20.1 Å². The molecule has 0 radical (unpaired) electrons. The molecule has 0 heterocycles. The van der Waals surface area contributed by atoms with Gasteiger partial charge >= 0.3 is 12.0 Å². The lowest BCUT2D eigenvalue weighted by atomic mass is 9.81. The first-order valence-electron chi connectivity index (χ1n) is 7.80. The number of nitrogens with zero attached hydrogens (tertiary/aromatic N) is 1. The monoisotopic (exact) mass is 300 g/mol. The van der Waals surface area contributed by atoms with Crippen molar-refractivity contribution >= 4 is 12.0 Å². The van der Waals surface area contributed by atoms with Gasteiger partial charge in [-0.15, -0.1) is 0 Å². The fraction of sp³-hybridized carbons (Fsp3) is 0.867. The van der Waals surface area contributed by atoms with Crippen LogP contribution in [0.25, 0.3) is 0 Å². The zero-order valence-corrected chi connectivity index (χ0v) is 13.1. The zero-order valence-electron chi connectivity index (χ0n) is 13.1. The summed E-state index contributed by atoms with van der Waals surface area (Å²) in [5, 5.41) is 11.7. The van der Waals surface area contributed by atoms with Crippen LogP contribution in [0.15, 0.2) is 0 Å². The molecule has 1 aliphatic rings. The third-order valence-electron chi connectivity index (χ3n) is 4.26. The molecule has 6 heteroatoms. The van der Waals surface area contributed by atoms with Crippen molar-refractivity contribution in [3.05, 3.63) is 0 Å². The van der Waals surface area contributed by atoms with E-state index >= 15 is 0 Å². The number of carboxylic acids is 1. The van der Waals surface area contributed by atoms with Gasteiger partial charge in [0, 0.05) is 20.2 Å². The summed E-state index contributed by atoms with van der Waals surface area (Å²) in [4.78, 5) is 24.1. The van der Waals surface area contributed by atoms with Crippen LogP contribution in [0.3, 0.4) is 0 Å². The minimum absolute atomic E-state index is 0.289. The molecule has 2 amide bonds. The molecule has 0 aromatic heterocycles. The van der Waals surface area contributed by atoms with Gasteiger partial charge in [0.1, 0.15) is 6.54 Å². The number of carbonyl (C=O) groups excluding carboxylic acids is 1. The number of carbonyl (C=O) groups is 2. The van der Waals surface area contributed by atoms with Crippen molar-refractivity contribution < 1.29 is 19.4 Å². The number of aliphatic carboxylic acids is 1. The lowest BCUT2D eigenvalue weighted by Crippen LogP contribution is -2.45. The number of rotatable bonds is 8. The second kappa shape index (κ2) is 9.60. The molecule has 1 saturated carbocycles. The van der Waals surface area contributed by atoms with E-state index in [0.29, 0.717) is 19.1 Å². The number of carboxylic acid groups (broad SMARTS) is 1. The highest BCUT2D eigenvalue weighted by Gasteiger charge is 2.22. The summed E-state index contributed by atoms with van der Waals surface area (Å²) in [5.74, 6) is 0.345. The molecule has 0 spiro atoms. The van der Waals surface area contributed by atoms with E-state index < -0.39 is 5.97 Å². The Bertz CT molecular complexity index is 328. The Morgan fingerprint density at radius 1 is 1.24 bits per heavy atom. The van der Waals surface area contributed by atoms with Crippen molar-refractivity contribution in [2.24, 2.45) is 11.8 Å². The Labute approximate surface area is 126 Å². The van der Waals surface area contributed by atoms with Gasteiger partial charge in [0.25, 0.3) is 0 Å². The SMILES string of the molecule is CCC1CCC(CNC(=O)N(CCOC)CC(=O)O)CC1. The molecule has 0 aromatic carbocycles. The highest BCUT2D eigenvalue weighted by molar-refractivity contribution is 5.80. The summed E-state index contributed by atoms with van der Waals surface area (Å²) < 4.78 is 4.91.